The van der Waals surface area contributed by atoms with Crippen LogP contribution in [-0.2, 0) is 0 Å². The van der Waals surface area contributed by atoms with Crippen LogP contribution in [0.15, 0.2) is 12.4 Å². The summed E-state index contributed by atoms with van der Waals surface area (Å²) in [4.78, 5) is 8.64. The number of hydrogen-bond donors (Lipinski definition) is 1. The van der Waals surface area contributed by atoms with E-state index in [-0.39, 0.29) is 6.04 Å². The van der Waals surface area contributed by atoms with Crippen molar-refractivity contribution in [3.05, 3.63) is 18.1 Å². The number of ether oxygens (including phenoxy) is 1. The van der Waals surface area contributed by atoms with Gasteiger partial charge in [-0.1, -0.05) is 27.7 Å². The van der Waals surface area contributed by atoms with Crippen LogP contribution in [0.2, 0.25) is 0 Å². The zero-order valence-corrected chi connectivity index (χ0v) is 11.4. The van der Waals surface area contributed by atoms with E-state index in [0.717, 1.165) is 12.2 Å². The summed E-state index contributed by atoms with van der Waals surface area (Å²) >= 11 is 0. The van der Waals surface area contributed by atoms with Gasteiger partial charge in [-0.2, -0.15) is 0 Å². The maximum Gasteiger partial charge on any atom is 0.237 e. The van der Waals surface area contributed by atoms with Gasteiger partial charge in [0.25, 0.3) is 0 Å². The molecule has 1 heterocycles. The molecule has 4 nitrogen and oxygen atoms in total. The van der Waals surface area contributed by atoms with Gasteiger partial charge in [-0.15, -0.1) is 0 Å². The topological polar surface area (TPSA) is 47.0 Å². The first kappa shape index (κ1) is 13.9. The Hall–Kier alpha value is -1.16. The van der Waals surface area contributed by atoms with Crippen LogP contribution < -0.4 is 10.1 Å². The molecule has 0 fully saturated rings. The average Bonchev–Trinajstić information content (AvgIpc) is 2.35. The van der Waals surface area contributed by atoms with Crippen molar-refractivity contribution in [3.63, 3.8) is 0 Å². The molecule has 0 amide bonds. The molecule has 1 N–H and O–H groups in total. The number of rotatable bonds is 6. The van der Waals surface area contributed by atoms with Crippen LogP contribution in [0.1, 0.15) is 39.4 Å². The highest BCUT2D eigenvalue weighted by molar-refractivity contribution is 5.22. The predicted molar refractivity (Wildman–Crippen MR) is 69.0 cm³/mol. The lowest BCUT2D eigenvalue weighted by atomic mass is 9.88. The minimum Gasteiger partial charge on any atom is -0.480 e. The number of nitrogens with one attached hydrogen (secondary N) is 1. The molecule has 17 heavy (non-hydrogen) atoms. The van der Waals surface area contributed by atoms with Gasteiger partial charge in [0.2, 0.25) is 5.88 Å². The van der Waals surface area contributed by atoms with E-state index in [4.69, 9.17) is 4.74 Å². The Kier molecular flexibility index (Phi) is 5.35. The number of methoxy groups -OCH3 is 1. The van der Waals surface area contributed by atoms with Gasteiger partial charge in [0.15, 0.2) is 0 Å². The first-order valence-electron chi connectivity index (χ1n) is 6.20. The molecule has 0 bridgehead atoms. The van der Waals surface area contributed by atoms with Gasteiger partial charge in [0.05, 0.1) is 13.2 Å². The molecule has 0 aromatic carbocycles. The fourth-order valence-electron chi connectivity index (χ4n) is 1.84. The lowest BCUT2D eigenvalue weighted by molar-refractivity contribution is 0.288. The standard InChI is InChI=1S/C13H23N3O/c1-6-14-11(10(4)9(2)3)12-13(17-5)16-8-7-15-12/h7-11,14H,6H2,1-5H3. The fourth-order valence-corrected chi connectivity index (χ4v) is 1.84. The third-order valence-electron chi connectivity index (χ3n) is 3.18. The molecule has 0 aliphatic heterocycles. The molecular formula is C13H23N3O. The van der Waals surface area contributed by atoms with E-state index in [1.54, 1.807) is 19.5 Å². The molecule has 0 radical (unpaired) electrons. The van der Waals surface area contributed by atoms with Crippen molar-refractivity contribution in [3.8, 4) is 5.88 Å². The molecule has 1 aromatic rings. The zero-order valence-electron chi connectivity index (χ0n) is 11.4. The molecule has 1 aromatic heterocycles. The van der Waals surface area contributed by atoms with E-state index in [1.165, 1.54) is 0 Å². The lowest BCUT2D eigenvalue weighted by Crippen LogP contribution is -2.30. The van der Waals surface area contributed by atoms with Crippen molar-refractivity contribution in [1.82, 2.24) is 15.3 Å². The summed E-state index contributed by atoms with van der Waals surface area (Å²) in [6.07, 6.45) is 3.38. The number of nitrogens with zero attached hydrogens (tertiary/aromatic N) is 2. The first-order chi connectivity index (χ1) is 8.11. The molecular weight excluding hydrogens is 214 g/mol. The zero-order chi connectivity index (χ0) is 12.8. The second kappa shape index (κ2) is 6.55. The van der Waals surface area contributed by atoms with Gasteiger partial charge >= 0.3 is 0 Å². The molecule has 4 heteroatoms. The Morgan fingerprint density at radius 2 is 1.88 bits per heavy atom. The number of hydrogen-bond acceptors (Lipinski definition) is 4. The van der Waals surface area contributed by atoms with Crippen LogP contribution in [0, 0.1) is 11.8 Å². The Morgan fingerprint density at radius 1 is 1.24 bits per heavy atom. The van der Waals surface area contributed by atoms with Crippen molar-refractivity contribution in [2.24, 2.45) is 11.8 Å². The molecule has 0 aliphatic rings. The monoisotopic (exact) mass is 237 g/mol. The van der Waals surface area contributed by atoms with Crippen LogP contribution in [-0.4, -0.2) is 23.6 Å². The van der Waals surface area contributed by atoms with Crippen molar-refractivity contribution in [1.29, 1.82) is 0 Å². The second-order valence-electron chi connectivity index (χ2n) is 4.59. The summed E-state index contributed by atoms with van der Waals surface area (Å²) in [5, 5.41) is 3.47. The Labute approximate surface area is 104 Å². The highest BCUT2D eigenvalue weighted by Crippen LogP contribution is 2.30. The smallest absolute Gasteiger partial charge is 0.237 e. The third-order valence-corrected chi connectivity index (χ3v) is 3.18. The predicted octanol–water partition coefficient (Wildman–Crippen LogP) is 2.43. The van der Waals surface area contributed by atoms with E-state index < -0.39 is 0 Å². The van der Waals surface area contributed by atoms with Gasteiger partial charge in [0.1, 0.15) is 5.69 Å². The maximum atomic E-state index is 5.29. The molecule has 1 rings (SSSR count). The van der Waals surface area contributed by atoms with Crippen LogP contribution in [0.5, 0.6) is 5.88 Å². The van der Waals surface area contributed by atoms with Crippen molar-refractivity contribution < 1.29 is 4.74 Å². The molecule has 0 aliphatic carbocycles. The van der Waals surface area contributed by atoms with Crippen LogP contribution in [0.4, 0.5) is 0 Å². The van der Waals surface area contributed by atoms with E-state index in [9.17, 15) is 0 Å². The molecule has 0 spiro atoms. The van der Waals surface area contributed by atoms with E-state index in [1.807, 2.05) is 0 Å². The van der Waals surface area contributed by atoms with Crippen molar-refractivity contribution >= 4 is 0 Å². The lowest BCUT2D eigenvalue weighted by Gasteiger charge is -2.27. The molecule has 0 saturated carbocycles. The quantitative estimate of drug-likeness (QED) is 0.825. The Balaban J connectivity index is 3.04. The van der Waals surface area contributed by atoms with Crippen molar-refractivity contribution in [2.75, 3.05) is 13.7 Å². The largest absolute Gasteiger partial charge is 0.480 e. The maximum absolute atomic E-state index is 5.29. The Morgan fingerprint density at radius 3 is 2.41 bits per heavy atom. The minimum absolute atomic E-state index is 0.184. The molecule has 2 unspecified atom stereocenters. The summed E-state index contributed by atoms with van der Waals surface area (Å²) in [6.45, 7) is 9.67. The summed E-state index contributed by atoms with van der Waals surface area (Å²) in [5.74, 6) is 1.66. The molecule has 2 atom stereocenters. The number of aromatic nitrogens is 2. The third kappa shape index (κ3) is 3.40. The SMILES string of the molecule is CCNC(c1nccnc1OC)C(C)C(C)C. The van der Waals surface area contributed by atoms with Crippen LogP contribution in [0.3, 0.4) is 0 Å². The van der Waals surface area contributed by atoms with Gasteiger partial charge in [-0.05, 0) is 18.4 Å². The van der Waals surface area contributed by atoms with E-state index in [2.05, 4.69) is 43.0 Å². The van der Waals surface area contributed by atoms with Crippen LogP contribution in [0.25, 0.3) is 0 Å². The summed E-state index contributed by atoms with van der Waals surface area (Å²) in [6, 6.07) is 0.184. The molecule has 0 saturated heterocycles. The summed E-state index contributed by atoms with van der Waals surface area (Å²) < 4.78 is 5.29. The fraction of sp³-hybridized carbons (Fsp3) is 0.692. The highest BCUT2D eigenvalue weighted by Gasteiger charge is 2.25. The van der Waals surface area contributed by atoms with E-state index >= 15 is 0 Å². The second-order valence-corrected chi connectivity index (χ2v) is 4.59. The highest BCUT2D eigenvalue weighted by atomic mass is 16.5. The normalized spacial score (nSPS) is 14.7. The van der Waals surface area contributed by atoms with Crippen LogP contribution >= 0.6 is 0 Å². The summed E-state index contributed by atoms with van der Waals surface area (Å²) in [5.41, 5.74) is 0.901. The molecule has 96 valence electrons. The van der Waals surface area contributed by atoms with E-state index in [0.29, 0.717) is 17.7 Å². The van der Waals surface area contributed by atoms with Gasteiger partial charge in [-0.3, -0.25) is 4.98 Å². The first-order valence-corrected chi connectivity index (χ1v) is 6.20. The Bertz CT molecular complexity index is 341. The van der Waals surface area contributed by atoms with Gasteiger partial charge in [0, 0.05) is 12.4 Å². The summed E-state index contributed by atoms with van der Waals surface area (Å²) in [7, 11) is 1.64. The van der Waals surface area contributed by atoms with Gasteiger partial charge in [-0.25, -0.2) is 4.98 Å². The van der Waals surface area contributed by atoms with Crippen molar-refractivity contribution in [2.45, 2.75) is 33.7 Å². The average molecular weight is 237 g/mol. The minimum atomic E-state index is 0.184. The van der Waals surface area contributed by atoms with Gasteiger partial charge < -0.3 is 10.1 Å².